The summed E-state index contributed by atoms with van der Waals surface area (Å²) in [5.74, 6) is 0. The van der Waals surface area contributed by atoms with Gasteiger partial charge < -0.3 is 0 Å². The van der Waals surface area contributed by atoms with Crippen LogP contribution in [-0.2, 0) is 0 Å². The summed E-state index contributed by atoms with van der Waals surface area (Å²) in [7, 11) is 0. The number of rotatable bonds is 3. The average molecular weight is 304 g/mol. The molecule has 110 valence electrons. The number of benzene rings is 2. The minimum absolute atomic E-state index is 1.27. The van der Waals surface area contributed by atoms with Crippen LogP contribution in [0.2, 0.25) is 0 Å². The molecular formula is C21H20S. The van der Waals surface area contributed by atoms with E-state index in [1.807, 2.05) is 11.3 Å². The molecule has 0 saturated carbocycles. The molecular weight excluding hydrogens is 284 g/mol. The number of hydrogen-bond donors (Lipinski definition) is 0. The maximum Gasteiger partial charge on any atom is 0.0374 e. The van der Waals surface area contributed by atoms with E-state index in [-0.39, 0.29) is 0 Å². The molecule has 3 rings (SSSR count). The maximum absolute atomic E-state index is 2.23. The van der Waals surface area contributed by atoms with E-state index < -0.39 is 0 Å². The second-order valence-electron chi connectivity index (χ2n) is 5.58. The second kappa shape index (κ2) is 6.33. The summed E-state index contributed by atoms with van der Waals surface area (Å²) in [6, 6.07) is 19.7. The average Bonchev–Trinajstić information content (AvgIpc) is 2.95. The van der Waals surface area contributed by atoms with Crippen LogP contribution in [0.4, 0.5) is 0 Å². The lowest BCUT2D eigenvalue weighted by molar-refractivity contribution is 1.46. The number of allylic oxidation sites excluding steroid dienone is 1. The molecule has 0 fully saturated rings. The summed E-state index contributed by atoms with van der Waals surface area (Å²) in [4.78, 5) is 1.37. The fourth-order valence-electron chi connectivity index (χ4n) is 2.74. The monoisotopic (exact) mass is 304 g/mol. The van der Waals surface area contributed by atoms with Crippen LogP contribution < -0.4 is 0 Å². The minimum atomic E-state index is 1.27. The van der Waals surface area contributed by atoms with Gasteiger partial charge in [0.05, 0.1) is 0 Å². The maximum atomic E-state index is 2.23. The van der Waals surface area contributed by atoms with Crippen LogP contribution in [0.15, 0.2) is 66.1 Å². The molecule has 0 aliphatic carbocycles. The first-order chi connectivity index (χ1) is 10.7. The Morgan fingerprint density at radius 2 is 1.68 bits per heavy atom. The van der Waals surface area contributed by atoms with Gasteiger partial charge in [-0.2, -0.15) is 0 Å². The minimum Gasteiger partial charge on any atom is -0.144 e. The van der Waals surface area contributed by atoms with Gasteiger partial charge in [0.2, 0.25) is 0 Å². The molecule has 3 aromatic rings. The Labute approximate surface area is 136 Å². The van der Waals surface area contributed by atoms with Crippen molar-refractivity contribution in [3.63, 3.8) is 0 Å². The predicted molar refractivity (Wildman–Crippen MR) is 98.4 cm³/mol. The zero-order chi connectivity index (χ0) is 15.5. The SMILES string of the molecule is C/C=C(\c1ccc(-c2cccc(C)c2)cc1)c1sccc1C. The third kappa shape index (κ3) is 2.90. The Bertz CT molecular complexity index is 804. The molecule has 0 nitrogen and oxygen atoms in total. The van der Waals surface area contributed by atoms with E-state index in [1.54, 1.807) is 0 Å². The smallest absolute Gasteiger partial charge is 0.0374 e. The quantitative estimate of drug-likeness (QED) is 0.519. The highest BCUT2D eigenvalue weighted by molar-refractivity contribution is 7.11. The van der Waals surface area contributed by atoms with Crippen molar-refractivity contribution >= 4 is 16.9 Å². The first-order valence-electron chi connectivity index (χ1n) is 7.57. The molecule has 22 heavy (non-hydrogen) atoms. The van der Waals surface area contributed by atoms with Crippen molar-refractivity contribution in [2.45, 2.75) is 20.8 Å². The Morgan fingerprint density at radius 1 is 0.909 bits per heavy atom. The molecule has 0 N–H and O–H groups in total. The molecule has 0 saturated heterocycles. The Hall–Kier alpha value is -2.12. The Balaban J connectivity index is 1.96. The molecule has 0 bridgehead atoms. The van der Waals surface area contributed by atoms with Crippen LogP contribution in [0.1, 0.15) is 28.5 Å². The highest BCUT2D eigenvalue weighted by atomic mass is 32.1. The highest BCUT2D eigenvalue weighted by Gasteiger charge is 2.08. The molecule has 1 heterocycles. The van der Waals surface area contributed by atoms with Crippen LogP contribution in [-0.4, -0.2) is 0 Å². The lowest BCUT2D eigenvalue weighted by atomic mass is 9.97. The summed E-state index contributed by atoms with van der Waals surface area (Å²) in [6.45, 7) is 6.43. The molecule has 0 spiro atoms. The van der Waals surface area contributed by atoms with E-state index >= 15 is 0 Å². The van der Waals surface area contributed by atoms with Gasteiger partial charge in [0, 0.05) is 4.88 Å². The Kier molecular flexibility index (Phi) is 4.26. The van der Waals surface area contributed by atoms with E-state index in [0.29, 0.717) is 0 Å². The van der Waals surface area contributed by atoms with Crippen molar-refractivity contribution in [1.29, 1.82) is 0 Å². The summed E-state index contributed by atoms with van der Waals surface area (Å²) < 4.78 is 0. The van der Waals surface area contributed by atoms with Gasteiger partial charge in [0.15, 0.2) is 0 Å². The fourth-order valence-corrected chi connectivity index (χ4v) is 3.77. The zero-order valence-corrected chi connectivity index (χ0v) is 14.1. The summed E-state index contributed by atoms with van der Waals surface area (Å²) in [5.41, 5.74) is 7.80. The van der Waals surface area contributed by atoms with Crippen molar-refractivity contribution < 1.29 is 0 Å². The van der Waals surface area contributed by atoms with Crippen molar-refractivity contribution in [3.05, 3.63) is 87.6 Å². The lowest BCUT2D eigenvalue weighted by Gasteiger charge is -2.09. The van der Waals surface area contributed by atoms with Gasteiger partial charge >= 0.3 is 0 Å². The van der Waals surface area contributed by atoms with Gasteiger partial charge in [-0.1, -0.05) is 60.2 Å². The van der Waals surface area contributed by atoms with E-state index in [9.17, 15) is 0 Å². The zero-order valence-electron chi connectivity index (χ0n) is 13.3. The first kappa shape index (κ1) is 14.8. The van der Waals surface area contributed by atoms with Crippen LogP contribution in [0, 0.1) is 13.8 Å². The lowest BCUT2D eigenvalue weighted by Crippen LogP contribution is -1.87. The van der Waals surface area contributed by atoms with Gasteiger partial charge in [-0.3, -0.25) is 0 Å². The molecule has 2 aromatic carbocycles. The van der Waals surface area contributed by atoms with E-state index in [1.165, 1.54) is 38.3 Å². The molecule has 0 aliphatic heterocycles. The molecule has 0 atom stereocenters. The number of aryl methyl sites for hydroxylation is 2. The molecule has 0 unspecified atom stereocenters. The van der Waals surface area contributed by atoms with Gasteiger partial charge in [-0.15, -0.1) is 11.3 Å². The number of hydrogen-bond acceptors (Lipinski definition) is 1. The van der Waals surface area contributed by atoms with Crippen molar-refractivity contribution in [2.75, 3.05) is 0 Å². The summed E-state index contributed by atoms with van der Waals surface area (Å²) in [5, 5.41) is 2.16. The van der Waals surface area contributed by atoms with Crippen molar-refractivity contribution in [3.8, 4) is 11.1 Å². The van der Waals surface area contributed by atoms with E-state index in [4.69, 9.17) is 0 Å². The molecule has 1 aromatic heterocycles. The van der Waals surface area contributed by atoms with E-state index in [2.05, 4.69) is 86.8 Å². The molecule has 0 aliphatic rings. The van der Waals surface area contributed by atoms with Crippen molar-refractivity contribution in [2.24, 2.45) is 0 Å². The van der Waals surface area contributed by atoms with Crippen LogP contribution in [0.5, 0.6) is 0 Å². The number of thiophene rings is 1. The standard InChI is InChI=1S/C21H20S/c1-4-20(21-16(3)12-13-22-21)18-10-8-17(9-11-18)19-7-5-6-15(2)14-19/h4-14H,1-3H3/b20-4+. The highest BCUT2D eigenvalue weighted by Crippen LogP contribution is 2.31. The second-order valence-corrected chi connectivity index (χ2v) is 6.50. The molecule has 0 radical (unpaired) electrons. The summed E-state index contributed by atoms with van der Waals surface area (Å²) >= 11 is 1.81. The normalized spacial score (nSPS) is 11.7. The van der Waals surface area contributed by atoms with Gasteiger partial charge in [0.1, 0.15) is 0 Å². The summed E-state index contributed by atoms with van der Waals surface area (Å²) in [6.07, 6.45) is 2.21. The van der Waals surface area contributed by atoms with Gasteiger partial charge in [0.25, 0.3) is 0 Å². The van der Waals surface area contributed by atoms with Crippen molar-refractivity contribution in [1.82, 2.24) is 0 Å². The third-order valence-corrected chi connectivity index (χ3v) is 4.99. The predicted octanol–water partition coefficient (Wildman–Crippen LogP) is 6.48. The molecule has 1 heteroatoms. The topological polar surface area (TPSA) is 0 Å². The van der Waals surface area contributed by atoms with Crippen LogP contribution >= 0.6 is 11.3 Å². The first-order valence-corrected chi connectivity index (χ1v) is 8.45. The van der Waals surface area contributed by atoms with E-state index in [0.717, 1.165) is 0 Å². The van der Waals surface area contributed by atoms with Gasteiger partial charge in [-0.05, 0) is 60.0 Å². The van der Waals surface area contributed by atoms with Gasteiger partial charge in [-0.25, -0.2) is 0 Å². The van der Waals surface area contributed by atoms with Crippen LogP contribution in [0.25, 0.3) is 16.7 Å². The Morgan fingerprint density at radius 3 is 2.27 bits per heavy atom. The van der Waals surface area contributed by atoms with Crippen LogP contribution in [0.3, 0.4) is 0 Å². The third-order valence-electron chi connectivity index (χ3n) is 3.94. The fraction of sp³-hybridized carbons (Fsp3) is 0.143. The molecule has 0 amide bonds. The largest absolute Gasteiger partial charge is 0.144 e.